The number of nitrogens with zero attached hydrogens (tertiary/aromatic N) is 1. The van der Waals surface area contributed by atoms with Gasteiger partial charge >= 0.3 is 7.12 Å². The number of aromatic nitrogens is 1. The molecule has 4 heteroatoms. The summed E-state index contributed by atoms with van der Waals surface area (Å²) in [7, 11) is 0.586. The van der Waals surface area contributed by atoms with Crippen LogP contribution in [-0.4, -0.2) is 24.2 Å². The number of rotatable bonds is 2. The molecule has 0 saturated heterocycles. The van der Waals surface area contributed by atoms with E-state index in [1.54, 1.807) is 6.20 Å². The van der Waals surface area contributed by atoms with E-state index in [1.165, 1.54) is 7.11 Å². The molecule has 0 amide bonds. The molecule has 2 aromatic rings. The molecule has 2 rings (SSSR count). The minimum absolute atomic E-state index is 0.748. The van der Waals surface area contributed by atoms with Crippen LogP contribution in [0, 0.1) is 0 Å². The van der Waals surface area contributed by atoms with Gasteiger partial charge in [0.25, 0.3) is 0 Å². The van der Waals surface area contributed by atoms with Crippen LogP contribution in [0.5, 0.6) is 0 Å². The van der Waals surface area contributed by atoms with Gasteiger partial charge in [0, 0.05) is 13.3 Å². The summed E-state index contributed by atoms with van der Waals surface area (Å²) in [6.07, 6.45) is 1.73. The number of hydrogen-bond donors (Lipinski definition) is 1. The Bertz CT molecular complexity index is 442. The first-order valence-corrected chi connectivity index (χ1v) is 4.37. The quantitative estimate of drug-likeness (QED) is 0.698. The smallest absolute Gasteiger partial charge is 0.423 e. The molecule has 1 N–H and O–H groups in total. The van der Waals surface area contributed by atoms with E-state index in [1.807, 2.05) is 30.3 Å². The maximum absolute atomic E-state index is 9.58. The van der Waals surface area contributed by atoms with Crippen LogP contribution in [0.15, 0.2) is 36.5 Å². The molecule has 14 heavy (non-hydrogen) atoms. The summed E-state index contributed by atoms with van der Waals surface area (Å²) in [5.74, 6) is 0. The molecule has 0 aliphatic carbocycles. The van der Waals surface area contributed by atoms with Crippen molar-refractivity contribution in [3.63, 3.8) is 0 Å². The SMILES string of the molecule is COB(O)c1cccc2ncccc12. The lowest BCUT2D eigenvalue weighted by Gasteiger charge is -2.06. The van der Waals surface area contributed by atoms with Crippen LogP contribution in [0.25, 0.3) is 10.9 Å². The highest BCUT2D eigenvalue weighted by atomic mass is 16.5. The predicted octanol–water partition coefficient (Wildman–Crippen LogP) is 0.569. The molecule has 0 radical (unpaired) electrons. The molecule has 0 aliphatic rings. The van der Waals surface area contributed by atoms with Crippen LogP contribution in [0.2, 0.25) is 0 Å². The normalized spacial score (nSPS) is 10.4. The number of pyridine rings is 1. The minimum atomic E-state index is -0.886. The zero-order valence-corrected chi connectivity index (χ0v) is 7.84. The molecule has 1 heterocycles. The van der Waals surface area contributed by atoms with Crippen molar-refractivity contribution < 1.29 is 9.68 Å². The summed E-state index contributed by atoms with van der Waals surface area (Å²) in [5, 5.41) is 10.5. The van der Waals surface area contributed by atoms with Crippen molar-refractivity contribution in [2.75, 3.05) is 7.11 Å². The summed E-state index contributed by atoms with van der Waals surface area (Å²) >= 11 is 0. The van der Waals surface area contributed by atoms with E-state index >= 15 is 0 Å². The van der Waals surface area contributed by atoms with E-state index in [0.717, 1.165) is 16.4 Å². The van der Waals surface area contributed by atoms with Crippen LogP contribution >= 0.6 is 0 Å². The fourth-order valence-corrected chi connectivity index (χ4v) is 1.47. The van der Waals surface area contributed by atoms with Gasteiger partial charge in [-0.15, -0.1) is 0 Å². The molecule has 1 aromatic heterocycles. The Balaban J connectivity index is 2.65. The standard InChI is InChI=1S/C10H10BNO2/c1-14-11(13)9-5-2-6-10-8(9)4-3-7-12-10/h2-7,13H,1H3. The lowest BCUT2D eigenvalue weighted by molar-refractivity contribution is 0.342. The van der Waals surface area contributed by atoms with E-state index in [2.05, 4.69) is 4.98 Å². The van der Waals surface area contributed by atoms with Gasteiger partial charge in [-0.05, 0) is 23.0 Å². The van der Waals surface area contributed by atoms with Gasteiger partial charge in [-0.1, -0.05) is 18.2 Å². The van der Waals surface area contributed by atoms with E-state index in [4.69, 9.17) is 4.65 Å². The Morgan fingerprint density at radius 3 is 2.93 bits per heavy atom. The lowest BCUT2D eigenvalue weighted by atomic mass is 9.77. The van der Waals surface area contributed by atoms with Gasteiger partial charge in [0.2, 0.25) is 0 Å². The van der Waals surface area contributed by atoms with Gasteiger partial charge in [0.15, 0.2) is 0 Å². The van der Waals surface area contributed by atoms with Crippen molar-refractivity contribution in [1.82, 2.24) is 4.98 Å². The molecule has 0 fully saturated rings. The molecule has 1 aromatic carbocycles. The third kappa shape index (κ3) is 1.50. The average molecular weight is 187 g/mol. The first-order chi connectivity index (χ1) is 6.83. The van der Waals surface area contributed by atoms with Crippen molar-refractivity contribution >= 4 is 23.5 Å². The van der Waals surface area contributed by atoms with Crippen LogP contribution in [-0.2, 0) is 4.65 Å². The highest BCUT2D eigenvalue weighted by Crippen LogP contribution is 2.08. The third-order valence-electron chi connectivity index (χ3n) is 2.17. The fraction of sp³-hybridized carbons (Fsp3) is 0.100. The topological polar surface area (TPSA) is 42.4 Å². The monoisotopic (exact) mass is 187 g/mol. The van der Waals surface area contributed by atoms with Crippen molar-refractivity contribution in [3.05, 3.63) is 36.5 Å². The molecule has 0 aliphatic heterocycles. The Morgan fingerprint density at radius 2 is 2.14 bits per heavy atom. The molecule has 0 atom stereocenters. The van der Waals surface area contributed by atoms with Gasteiger partial charge in [-0.25, -0.2) is 0 Å². The molecular formula is C10H10BNO2. The summed E-state index contributed by atoms with van der Waals surface area (Å²) in [6.45, 7) is 0. The van der Waals surface area contributed by atoms with E-state index in [0.29, 0.717) is 0 Å². The Morgan fingerprint density at radius 1 is 1.29 bits per heavy atom. The molecular weight excluding hydrogens is 177 g/mol. The van der Waals surface area contributed by atoms with Gasteiger partial charge in [-0.2, -0.15) is 0 Å². The lowest BCUT2D eigenvalue weighted by Crippen LogP contribution is -2.32. The van der Waals surface area contributed by atoms with Crippen molar-refractivity contribution in [3.8, 4) is 0 Å². The van der Waals surface area contributed by atoms with Crippen molar-refractivity contribution in [2.45, 2.75) is 0 Å². The first kappa shape index (κ1) is 9.18. The zero-order valence-electron chi connectivity index (χ0n) is 7.84. The second kappa shape index (κ2) is 3.78. The largest absolute Gasteiger partial charge is 0.491 e. The molecule has 0 saturated carbocycles. The summed E-state index contributed by atoms with van der Waals surface area (Å²) in [6, 6.07) is 9.35. The zero-order chi connectivity index (χ0) is 9.97. The number of hydrogen-bond acceptors (Lipinski definition) is 3. The van der Waals surface area contributed by atoms with E-state index in [9.17, 15) is 5.02 Å². The predicted molar refractivity (Wildman–Crippen MR) is 56.4 cm³/mol. The molecule has 3 nitrogen and oxygen atoms in total. The summed E-state index contributed by atoms with van der Waals surface area (Å²) < 4.78 is 4.87. The van der Waals surface area contributed by atoms with Crippen LogP contribution in [0.4, 0.5) is 0 Å². The van der Waals surface area contributed by atoms with Gasteiger partial charge < -0.3 is 9.68 Å². The van der Waals surface area contributed by atoms with Gasteiger partial charge in [0.05, 0.1) is 5.52 Å². The van der Waals surface area contributed by atoms with Crippen molar-refractivity contribution in [1.29, 1.82) is 0 Å². The second-order valence-electron chi connectivity index (χ2n) is 3.01. The maximum Gasteiger partial charge on any atom is 0.491 e. The molecule has 70 valence electrons. The first-order valence-electron chi connectivity index (χ1n) is 4.37. The Labute approximate surface area is 82.5 Å². The Kier molecular flexibility index (Phi) is 2.48. The summed E-state index contributed by atoms with van der Waals surface area (Å²) in [4.78, 5) is 4.19. The average Bonchev–Trinajstić information content (AvgIpc) is 2.27. The highest BCUT2D eigenvalue weighted by molar-refractivity contribution is 6.63. The van der Waals surface area contributed by atoms with Crippen LogP contribution in [0.3, 0.4) is 0 Å². The molecule has 0 unspecified atom stereocenters. The highest BCUT2D eigenvalue weighted by Gasteiger charge is 2.16. The Hall–Kier alpha value is -1.39. The molecule has 0 spiro atoms. The van der Waals surface area contributed by atoms with Crippen LogP contribution in [0.1, 0.15) is 0 Å². The van der Waals surface area contributed by atoms with E-state index in [-0.39, 0.29) is 0 Å². The second-order valence-corrected chi connectivity index (χ2v) is 3.01. The fourth-order valence-electron chi connectivity index (χ4n) is 1.47. The van der Waals surface area contributed by atoms with E-state index < -0.39 is 7.12 Å². The third-order valence-corrected chi connectivity index (χ3v) is 2.17. The maximum atomic E-state index is 9.58. The summed E-state index contributed by atoms with van der Waals surface area (Å²) in [5.41, 5.74) is 1.61. The minimum Gasteiger partial charge on any atom is -0.423 e. The molecule has 0 bridgehead atoms. The van der Waals surface area contributed by atoms with Crippen molar-refractivity contribution in [2.24, 2.45) is 0 Å². The van der Waals surface area contributed by atoms with Gasteiger partial charge in [-0.3, -0.25) is 4.98 Å². The van der Waals surface area contributed by atoms with Gasteiger partial charge in [0.1, 0.15) is 0 Å². The number of fused-ring (bicyclic) bond motifs is 1. The van der Waals surface area contributed by atoms with Crippen LogP contribution < -0.4 is 5.46 Å². The number of benzene rings is 1.